The minimum atomic E-state index is -3.58. The van der Waals surface area contributed by atoms with E-state index in [1.54, 1.807) is 36.8 Å². The molecule has 1 aromatic carbocycles. The molecule has 3 aliphatic rings. The van der Waals surface area contributed by atoms with Gasteiger partial charge in [-0.3, -0.25) is 14.3 Å². The lowest BCUT2D eigenvalue weighted by atomic mass is 9.94. The van der Waals surface area contributed by atoms with E-state index >= 15 is 0 Å². The number of hydrogen-bond donors (Lipinski definition) is 0. The summed E-state index contributed by atoms with van der Waals surface area (Å²) in [5.74, 6) is 0.640. The fraction of sp³-hybridized carbons (Fsp3) is 0.633. The van der Waals surface area contributed by atoms with Crippen LogP contribution in [0.15, 0.2) is 23.1 Å². The van der Waals surface area contributed by atoms with Gasteiger partial charge in [-0.25, -0.2) is 8.42 Å². The molecule has 3 saturated heterocycles. The summed E-state index contributed by atoms with van der Waals surface area (Å²) in [6.07, 6.45) is 2.14. The van der Waals surface area contributed by atoms with Gasteiger partial charge in [0.2, 0.25) is 21.8 Å². The molecule has 0 aliphatic carbocycles. The van der Waals surface area contributed by atoms with Crippen LogP contribution >= 0.6 is 11.6 Å². The number of aromatic nitrogens is 2. The SMILES string of the molecule is CC(=O)N1CCC(C(=O)N(CCCN2CC3CN(S(=O)(=O)c4c(C)nn(C)c4C)CC3C2)c2ccc(C)c(Cl)c2)CC1. The van der Waals surface area contributed by atoms with Crippen LogP contribution in [0.5, 0.6) is 0 Å². The molecule has 2 atom stereocenters. The summed E-state index contributed by atoms with van der Waals surface area (Å²) < 4.78 is 30.2. The van der Waals surface area contributed by atoms with Crippen molar-refractivity contribution in [2.24, 2.45) is 24.8 Å². The van der Waals surface area contributed by atoms with Crippen molar-refractivity contribution in [3.8, 4) is 0 Å². The predicted molar refractivity (Wildman–Crippen MR) is 163 cm³/mol. The maximum absolute atomic E-state index is 13.8. The largest absolute Gasteiger partial charge is 0.343 e. The van der Waals surface area contributed by atoms with Crippen LogP contribution in [0.4, 0.5) is 5.69 Å². The summed E-state index contributed by atoms with van der Waals surface area (Å²) in [5.41, 5.74) is 3.00. The Morgan fingerprint density at radius 2 is 1.69 bits per heavy atom. The van der Waals surface area contributed by atoms with Crippen molar-refractivity contribution in [2.45, 2.75) is 51.9 Å². The number of likely N-dealkylation sites (tertiary alicyclic amines) is 2. The molecule has 42 heavy (non-hydrogen) atoms. The van der Waals surface area contributed by atoms with Crippen molar-refractivity contribution in [2.75, 3.05) is 57.3 Å². The van der Waals surface area contributed by atoms with E-state index in [1.807, 2.05) is 34.9 Å². The number of benzene rings is 1. The summed E-state index contributed by atoms with van der Waals surface area (Å²) >= 11 is 6.45. The zero-order valence-corrected chi connectivity index (χ0v) is 26.9. The molecular formula is C30H43ClN6O4S. The topological polar surface area (TPSA) is 99.1 Å². The zero-order valence-electron chi connectivity index (χ0n) is 25.3. The molecule has 230 valence electrons. The van der Waals surface area contributed by atoms with Gasteiger partial charge in [0.15, 0.2) is 0 Å². The Balaban J connectivity index is 1.19. The normalized spacial score (nSPS) is 22.1. The average molecular weight is 619 g/mol. The monoisotopic (exact) mass is 618 g/mol. The zero-order chi connectivity index (χ0) is 30.3. The lowest BCUT2D eigenvalue weighted by molar-refractivity contribution is -0.133. The molecule has 2 unspecified atom stereocenters. The Bertz CT molecular complexity index is 1440. The van der Waals surface area contributed by atoms with Crippen molar-refractivity contribution in [1.29, 1.82) is 0 Å². The first-order valence-electron chi connectivity index (χ1n) is 14.9. The van der Waals surface area contributed by atoms with Crippen LogP contribution in [-0.4, -0.2) is 96.5 Å². The standard InChI is InChI=1S/C30H43ClN6O4S/c1-20-7-8-27(15-28(20)31)37(30(39)24-9-13-35(14-10-24)23(4)38)12-6-11-34-16-25-18-36(19-26(25)17-34)42(40,41)29-21(2)32-33(5)22(29)3/h7-8,15,24-26H,6,9-14,16-19H2,1-5H3. The smallest absolute Gasteiger partial charge is 0.246 e. The number of rotatable bonds is 8. The molecule has 1 aromatic heterocycles. The molecule has 2 amide bonds. The molecular weight excluding hydrogens is 576 g/mol. The Morgan fingerprint density at radius 1 is 1.05 bits per heavy atom. The Morgan fingerprint density at radius 3 is 2.24 bits per heavy atom. The van der Waals surface area contributed by atoms with Crippen LogP contribution in [0.1, 0.15) is 43.1 Å². The minimum Gasteiger partial charge on any atom is -0.343 e. The maximum atomic E-state index is 13.8. The number of halogens is 1. The fourth-order valence-corrected chi connectivity index (χ4v) is 9.04. The number of amides is 2. The van der Waals surface area contributed by atoms with Crippen LogP contribution in [-0.2, 0) is 26.7 Å². The van der Waals surface area contributed by atoms with E-state index in [2.05, 4.69) is 10.00 Å². The van der Waals surface area contributed by atoms with Gasteiger partial charge >= 0.3 is 0 Å². The van der Waals surface area contributed by atoms with Crippen LogP contribution < -0.4 is 4.90 Å². The van der Waals surface area contributed by atoms with Gasteiger partial charge in [0.1, 0.15) is 4.90 Å². The first-order valence-corrected chi connectivity index (χ1v) is 16.7. The number of piperidine rings is 1. The highest BCUT2D eigenvalue weighted by Crippen LogP contribution is 2.36. The highest BCUT2D eigenvalue weighted by atomic mass is 35.5. The Kier molecular flexibility index (Phi) is 9.04. The Hall–Kier alpha value is -2.47. The second kappa shape index (κ2) is 12.3. The van der Waals surface area contributed by atoms with E-state index in [0.29, 0.717) is 78.7 Å². The van der Waals surface area contributed by atoms with Crippen molar-refractivity contribution in [3.63, 3.8) is 0 Å². The fourth-order valence-electron chi connectivity index (χ4n) is 6.91. The van der Waals surface area contributed by atoms with E-state index in [-0.39, 0.29) is 17.7 Å². The lowest BCUT2D eigenvalue weighted by Gasteiger charge is -2.34. The number of anilines is 1. The van der Waals surface area contributed by atoms with Gasteiger partial charge in [-0.1, -0.05) is 17.7 Å². The third-order valence-corrected chi connectivity index (χ3v) is 11.9. The van der Waals surface area contributed by atoms with Gasteiger partial charge in [-0.05, 0) is 76.1 Å². The van der Waals surface area contributed by atoms with E-state index < -0.39 is 10.0 Å². The van der Waals surface area contributed by atoms with Crippen molar-refractivity contribution in [3.05, 3.63) is 40.2 Å². The average Bonchev–Trinajstić information content (AvgIpc) is 3.59. The molecule has 2 aromatic rings. The van der Waals surface area contributed by atoms with Gasteiger partial charge in [-0.15, -0.1) is 0 Å². The second-order valence-electron chi connectivity index (χ2n) is 12.3. The number of nitrogens with zero attached hydrogens (tertiary/aromatic N) is 6. The molecule has 10 nitrogen and oxygen atoms in total. The molecule has 12 heteroatoms. The predicted octanol–water partition coefficient (Wildman–Crippen LogP) is 3.23. The lowest BCUT2D eigenvalue weighted by Crippen LogP contribution is -2.44. The number of hydrogen-bond acceptors (Lipinski definition) is 6. The summed E-state index contributed by atoms with van der Waals surface area (Å²) in [6.45, 7) is 12.5. The number of carbonyl (C=O) groups excluding carboxylic acids is 2. The summed E-state index contributed by atoms with van der Waals surface area (Å²) in [7, 11) is -1.80. The summed E-state index contributed by atoms with van der Waals surface area (Å²) in [4.78, 5) is 32.0. The third kappa shape index (κ3) is 6.11. The van der Waals surface area contributed by atoms with Crippen molar-refractivity contribution >= 4 is 39.1 Å². The highest BCUT2D eigenvalue weighted by Gasteiger charge is 2.45. The van der Waals surface area contributed by atoms with Crippen molar-refractivity contribution in [1.82, 2.24) is 23.9 Å². The number of fused-ring (bicyclic) bond motifs is 1. The Labute approximate surface area is 254 Å². The molecule has 0 bridgehead atoms. The van der Waals surface area contributed by atoms with E-state index in [0.717, 1.165) is 37.3 Å². The van der Waals surface area contributed by atoms with Gasteiger partial charge < -0.3 is 14.7 Å². The van der Waals surface area contributed by atoms with E-state index in [9.17, 15) is 18.0 Å². The van der Waals surface area contributed by atoms with Crippen LogP contribution in [0.3, 0.4) is 0 Å². The molecule has 0 saturated carbocycles. The van der Waals surface area contributed by atoms with Gasteiger partial charge in [-0.2, -0.15) is 9.40 Å². The highest BCUT2D eigenvalue weighted by molar-refractivity contribution is 7.89. The maximum Gasteiger partial charge on any atom is 0.246 e. The van der Waals surface area contributed by atoms with Gasteiger partial charge in [0.05, 0.1) is 11.4 Å². The molecule has 0 radical (unpaired) electrons. The van der Waals surface area contributed by atoms with Crippen molar-refractivity contribution < 1.29 is 18.0 Å². The molecule has 5 rings (SSSR count). The first kappa shape index (κ1) is 31.0. The summed E-state index contributed by atoms with van der Waals surface area (Å²) in [5, 5.41) is 4.95. The number of sulfonamides is 1. The minimum absolute atomic E-state index is 0.0569. The number of aryl methyl sites for hydroxylation is 3. The first-order chi connectivity index (χ1) is 19.9. The van der Waals surface area contributed by atoms with Gasteiger partial charge in [0, 0.05) is 76.4 Å². The number of carbonyl (C=O) groups is 2. The van der Waals surface area contributed by atoms with Crippen LogP contribution in [0.25, 0.3) is 0 Å². The molecule has 4 heterocycles. The quantitative estimate of drug-likeness (QED) is 0.451. The van der Waals surface area contributed by atoms with Crippen LogP contribution in [0, 0.1) is 38.5 Å². The molecule has 0 N–H and O–H groups in total. The molecule has 0 spiro atoms. The molecule has 3 aliphatic heterocycles. The molecule has 3 fully saturated rings. The second-order valence-corrected chi connectivity index (χ2v) is 14.6. The summed E-state index contributed by atoms with van der Waals surface area (Å²) in [6, 6.07) is 5.79. The van der Waals surface area contributed by atoms with Gasteiger partial charge in [0.25, 0.3) is 0 Å². The van der Waals surface area contributed by atoms with Crippen LogP contribution in [0.2, 0.25) is 5.02 Å². The van der Waals surface area contributed by atoms with E-state index in [1.165, 1.54) is 0 Å². The van der Waals surface area contributed by atoms with E-state index in [4.69, 9.17) is 11.6 Å². The third-order valence-electron chi connectivity index (χ3n) is 9.45.